The van der Waals surface area contributed by atoms with Gasteiger partial charge in [-0.1, -0.05) is 34.6 Å². The van der Waals surface area contributed by atoms with Crippen molar-refractivity contribution in [2.24, 2.45) is 40.4 Å². The molecule has 46 heavy (non-hydrogen) atoms. The maximum atomic E-state index is 13.9. The molecular formula is C37H62N4O5. The Morgan fingerprint density at radius 2 is 1.61 bits per heavy atom. The molecule has 6 fully saturated rings. The lowest BCUT2D eigenvalue weighted by atomic mass is 9.44. The second-order valence-corrected chi connectivity index (χ2v) is 17.0. The van der Waals surface area contributed by atoms with Crippen LogP contribution in [0.25, 0.3) is 0 Å². The lowest BCUT2D eigenvalue weighted by Crippen LogP contribution is -2.63. The number of aliphatic hydroxyl groups is 2. The zero-order valence-electron chi connectivity index (χ0n) is 29.3. The molecule has 6 rings (SSSR count). The topological polar surface area (TPSA) is 113 Å². The molecule has 9 heteroatoms. The summed E-state index contributed by atoms with van der Waals surface area (Å²) in [4.78, 5) is 45.7. The summed E-state index contributed by atoms with van der Waals surface area (Å²) in [5.74, 6) is 2.54. The number of aliphatic hydroxyl groups excluding tert-OH is 2. The summed E-state index contributed by atoms with van der Waals surface area (Å²) in [6.07, 6.45) is 10.7. The first-order valence-electron chi connectivity index (χ1n) is 18.9. The van der Waals surface area contributed by atoms with Crippen molar-refractivity contribution in [2.45, 2.75) is 142 Å². The summed E-state index contributed by atoms with van der Waals surface area (Å²) in [5, 5.41) is 25.5. The van der Waals surface area contributed by atoms with Crippen molar-refractivity contribution in [3.63, 3.8) is 0 Å². The van der Waals surface area contributed by atoms with Gasteiger partial charge >= 0.3 is 0 Å². The third kappa shape index (κ3) is 6.04. The summed E-state index contributed by atoms with van der Waals surface area (Å²) in [6.45, 7) is 14.1. The number of hydrogen-bond acceptors (Lipinski definition) is 6. The van der Waals surface area contributed by atoms with Gasteiger partial charge in [0, 0.05) is 45.2 Å². The minimum absolute atomic E-state index is 0.00590. The highest BCUT2D eigenvalue weighted by Crippen LogP contribution is 2.66. The SMILES string of the molecule is CCC(=O)N1CCC[C@H]1C(=O)N[C@@H](CC(C)C)C(=O)N1CCN([C@H]2C[C@@]3(C)[C@@H](CC[C@@H]4[C@@H]3CC[C@]3(C)[C@@H](O)CC[C@@H]43)C[C@@H]2O)CC1. The molecule has 6 aliphatic rings. The van der Waals surface area contributed by atoms with Crippen LogP contribution >= 0.6 is 0 Å². The molecule has 0 radical (unpaired) electrons. The fourth-order valence-corrected chi connectivity index (χ4v) is 11.6. The maximum absolute atomic E-state index is 13.9. The monoisotopic (exact) mass is 642 g/mol. The van der Waals surface area contributed by atoms with Crippen molar-refractivity contribution in [2.75, 3.05) is 32.7 Å². The first kappa shape index (κ1) is 34.2. The largest absolute Gasteiger partial charge is 0.393 e. The van der Waals surface area contributed by atoms with Gasteiger partial charge in [-0.2, -0.15) is 0 Å². The van der Waals surface area contributed by atoms with Crippen molar-refractivity contribution < 1.29 is 24.6 Å². The Balaban J connectivity index is 1.09. The number of hydrogen-bond donors (Lipinski definition) is 3. The number of carbonyl (C=O) groups is 3. The molecule has 0 spiro atoms. The molecule has 0 aromatic rings. The maximum Gasteiger partial charge on any atom is 0.245 e. The number of rotatable bonds is 7. The molecule has 0 unspecified atom stereocenters. The van der Waals surface area contributed by atoms with E-state index in [-0.39, 0.29) is 52.7 Å². The molecule has 0 aromatic carbocycles. The Morgan fingerprint density at radius 3 is 2.30 bits per heavy atom. The van der Waals surface area contributed by atoms with Gasteiger partial charge in [-0.15, -0.1) is 0 Å². The van der Waals surface area contributed by atoms with Gasteiger partial charge in [0.05, 0.1) is 12.2 Å². The average molecular weight is 643 g/mol. The Morgan fingerprint density at radius 1 is 0.891 bits per heavy atom. The minimum Gasteiger partial charge on any atom is -0.393 e. The van der Waals surface area contributed by atoms with Crippen LogP contribution in [0.3, 0.4) is 0 Å². The highest BCUT2D eigenvalue weighted by molar-refractivity contribution is 5.92. The van der Waals surface area contributed by atoms with Gasteiger partial charge in [0.1, 0.15) is 12.1 Å². The van der Waals surface area contributed by atoms with Gasteiger partial charge < -0.3 is 25.3 Å². The Bertz CT molecular complexity index is 1140. The van der Waals surface area contributed by atoms with Crippen LogP contribution < -0.4 is 5.32 Å². The summed E-state index contributed by atoms with van der Waals surface area (Å²) in [5.41, 5.74) is 0.283. The third-order valence-electron chi connectivity index (χ3n) is 14.2. The molecule has 9 nitrogen and oxygen atoms in total. The van der Waals surface area contributed by atoms with E-state index in [9.17, 15) is 24.6 Å². The molecule has 11 atom stereocenters. The second kappa shape index (κ2) is 13.3. The van der Waals surface area contributed by atoms with E-state index < -0.39 is 12.1 Å². The average Bonchev–Trinajstić information content (AvgIpc) is 3.64. The molecule has 260 valence electrons. The van der Waals surface area contributed by atoms with Crippen LogP contribution in [0.1, 0.15) is 112 Å². The summed E-state index contributed by atoms with van der Waals surface area (Å²) < 4.78 is 0. The van der Waals surface area contributed by atoms with Crippen LogP contribution in [-0.4, -0.2) is 106 Å². The fraction of sp³-hybridized carbons (Fsp3) is 0.919. The molecule has 2 aliphatic heterocycles. The van der Waals surface area contributed by atoms with E-state index >= 15 is 0 Å². The van der Waals surface area contributed by atoms with Crippen LogP contribution in [0.5, 0.6) is 0 Å². The number of carbonyl (C=O) groups excluding carboxylic acids is 3. The van der Waals surface area contributed by atoms with Crippen LogP contribution in [0.15, 0.2) is 0 Å². The predicted molar refractivity (Wildman–Crippen MR) is 177 cm³/mol. The van der Waals surface area contributed by atoms with Gasteiger partial charge in [0.15, 0.2) is 0 Å². The highest BCUT2D eigenvalue weighted by atomic mass is 16.3. The number of piperazine rings is 1. The van der Waals surface area contributed by atoms with Gasteiger partial charge in [-0.05, 0) is 111 Å². The standard InChI is InChI=1S/C37H62N4O5/c1-6-33(44)41-15-7-8-29(41)34(45)38-28(20-23(2)3)35(46)40-18-16-39(17-19-40)30-22-37(5)24(21-31(30)42)9-10-25-26-11-12-32(43)36(26,4)14-13-27(25)37/h23-32,42-43H,6-22H2,1-5H3,(H,38,45)/t24-,25-,26-,27-,28-,29-,30-,31-,32-,36-,37-/m0/s1. The zero-order chi connectivity index (χ0) is 33.0. The molecular weight excluding hydrogens is 580 g/mol. The quantitative estimate of drug-likeness (QED) is 0.390. The number of nitrogens with one attached hydrogen (secondary N) is 1. The molecule has 0 aromatic heterocycles. The highest BCUT2D eigenvalue weighted by Gasteiger charge is 2.61. The smallest absolute Gasteiger partial charge is 0.245 e. The predicted octanol–water partition coefficient (Wildman–Crippen LogP) is 3.81. The van der Waals surface area contributed by atoms with Crippen LogP contribution in [0, 0.1) is 40.4 Å². The van der Waals surface area contributed by atoms with Gasteiger partial charge in [0.25, 0.3) is 0 Å². The number of fused-ring (bicyclic) bond motifs is 5. The molecule has 0 bridgehead atoms. The number of likely N-dealkylation sites (tertiary alicyclic amines) is 1. The fourth-order valence-electron chi connectivity index (χ4n) is 11.6. The van der Waals surface area contributed by atoms with Gasteiger partial charge in [-0.25, -0.2) is 0 Å². The zero-order valence-corrected chi connectivity index (χ0v) is 29.3. The Labute approximate surface area is 277 Å². The lowest BCUT2D eigenvalue weighted by Gasteiger charge is -2.62. The van der Waals surface area contributed by atoms with Crippen molar-refractivity contribution >= 4 is 17.7 Å². The van der Waals surface area contributed by atoms with Crippen molar-refractivity contribution in [1.82, 2.24) is 20.0 Å². The second-order valence-electron chi connectivity index (χ2n) is 17.0. The van der Waals surface area contributed by atoms with E-state index in [0.29, 0.717) is 62.6 Å². The minimum atomic E-state index is -0.594. The Hall–Kier alpha value is -1.71. The van der Waals surface area contributed by atoms with Crippen molar-refractivity contribution in [3.8, 4) is 0 Å². The van der Waals surface area contributed by atoms with E-state index in [0.717, 1.165) is 51.6 Å². The molecule has 3 N–H and O–H groups in total. The van der Waals surface area contributed by atoms with E-state index in [1.807, 2.05) is 11.8 Å². The van der Waals surface area contributed by atoms with Crippen molar-refractivity contribution in [1.29, 1.82) is 0 Å². The van der Waals surface area contributed by atoms with Crippen LogP contribution in [0.4, 0.5) is 0 Å². The summed E-state index contributed by atoms with van der Waals surface area (Å²) >= 11 is 0. The number of nitrogens with zero attached hydrogens (tertiary/aromatic N) is 3. The van der Waals surface area contributed by atoms with Crippen LogP contribution in [0.2, 0.25) is 0 Å². The van der Waals surface area contributed by atoms with E-state index in [1.54, 1.807) is 4.90 Å². The molecule has 4 saturated carbocycles. The normalized spacial score (nSPS) is 41.9. The summed E-state index contributed by atoms with van der Waals surface area (Å²) in [6, 6.07) is -0.973. The molecule has 3 amide bonds. The summed E-state index contributed by atoms with van der Waals surface area (Å²) in [7, 11) is 0. The first-order chi connectivity index (χ1) is 21.9. The third-order valence-corrected chi connectivity index (χ3v) is 14.2. The first-order valence-corrected chi connectivity index (χ1v) is 18.9. The molecule has 2 heterocycles. The van der Waals surface area contributed by atoms with E-state index in [2.05, 4.69) is 37.9 Å². The van der Waals surface area contributed by atoms with Gasteiger partial charge in [-0.3, -0.25) is 19.3 Å². The van der Waals surface area contributed by atoms with E-state index in [1.165, 1.54) is 19.3 Å². The van der Waals surface area contributed by atoms with Gasteiger partial charge in [0.2, 0.25) is 17.7 Å². The van der Waals surface area contributed by atoms with E-state index in [4.69, 9.17) is 0 Å². The number of amides is 3. The van der Waals surface area contributed by atoms with Crippen LogP contribution in [-0.2, 0) is 14.4 Å². The Kier molecular flexibility index (Phi) is 9.88. The van der Waals surface area contributed by atoms with Crippen molar-refractivity contribution in [3.05, 3.63) is 0 Å². The lowest BCUT2D eigenvalue weighted by molar-refractivity contribution is -0.157. The molecule has 4 aliphatic carbocycles. The molecule has 2 saturated heterocycles.